The number of halogens is 2. The summed E-state index contributed by atoms with van der Waals surface area (Å²) in [5.41, 5.74) is 6.85. The fraction of sp³-hybridized carbons (Fsp3) is 0.222. The average Bonchev–Trinajstić information content (AvgIpc) is 2.09. The zero-order valence-corrected chi connectivity index (χ0v) is 8.40. The van der Waals surface area contributed by atoms with Gasteiger partial charge in [-0.25, -0.2) is 0 Å². The maximum atomic E-state index is 11.0. The van der Waals surface area contributed by atoms with Gasteiger partial charge in [0, 0.05) is 17.1 Å². The quantitative estimate of drug-likeness (QED) is 0.624. The molecule has 70 valence electrons. The standard InChI is InChI=1S/C9H9Cl2NO/c10-5-8(13)3-6-1-2-7(12)4-9(6)11/h1-2,4H,3,5,12H2. The molecule has 0 unspecified atom stereocenters. The van der Waals surface area contributed by atoms with Crippen molar-refractivity contribution in [1.82, 2.24) is 0 Å². The number of nitrogen functional groups attached to an aromatic ring is 1. The molecule has 0 aliphatic heterocycles. The lowest BCUT2D eigenvalue weighted by Crippen LogP contribution is -2.04. The third-order valence-corrected chi connectivity index (χ3v) is 2.26. The van der Waals surface area contributed by atoms with Crippen molar-refractivity contribution in [2.24, 2.45) is 0 Å². The summed E-state index contributed by atoms with van der Waals surface area (Å²) in [4.78, 5) is 11.0. The summed E-state index contributed by atoms with van der Waals surface area (Å²) in [7, 11) is 0. The van der Waals surface area contributed by atoms with Crippen molar-refractivity contribution in [1.29, 1.82) is 0 Å². The molecule has 2 nitrogen and oxygen atoms in total. The van der Waals surface area contributed by atoms with Crippen LogP contribution in [0, 0.1) is 0 Å². The Hall–Kier alpha value is -0.730. The van der Waals surface area contributed by atoms with E-state index in [1.54, 1.807) is 18.2 Å². The highest BCUT2D eigenvalue weighted by Crippen LogP contribution is 2.19. The molecule has 0 saturated carbocycles. The predicted molar refractivity (Wildman–Crippen MR) is 55.3 cm³/mol. The number of ketones is 1. The Morgan fingerprint density at radius 2 is 2.15 bits per heavy atom. The number of hydrogen-bond donors (Lipinski definition) is 1. The highest BCUT2D eigenvalue weighted by atomic mass is 35.5. The van der Waals surface area contributed by atoms with E-state index in [0.717, 1.165) is 5.56 Å². The number of nitrogens with two attached hydrogens (primary N) is 1. The molecule has 0 aliphatic carbocycles. The molecule has 0 fully saturated rings. The molecule has 1 rings (SSSR count). The van der Waals surface area contributed by atoms with E-state index in [2.05, 4.69) is 0 Å². The molecule has 0 heterocycles. The van der Waals surface area contributed by atoms with Crippen LogP contribution in [0.5, 0.6) is 0 Å². The van der Waals surface area contributed by atoms with Crippen LogP contribution in [0.25, 0.3) is 0 Å². The lowest BCUT2D eigenvalue weighted by atomic mass is 10.1. The number of carbonyl (C=O) groups is 1. The molecule has 4 heteroatoms. The fourth-order valence-corrected chi connectivity index (χ4v) is 1.32. The van der Waals surface area contributed by atoms with Gasteiger partial charge in [-0.15, -0.1) is 11.6 Å². The van der Waals surface area contributed by atoms with Gasteiger partial charge >= 0.3 is 0 Å². The first-order valence-electron chi connectivity index (χ1n) is 3.75. The Morgan fingerprint density at radius 3 is 2.69 bits per heavy atom. The van der Waals surface area contributed by atoms with Crippen LogP contribution < -0.4 is 5.73 Å². The molecule has 0 saturated heterocycles. The first-order valence-corrected chi connectivity index (χ1v) is 4.66. The van der Waals surface area contributed by atoms with Gasteiger partial charge in [-0.3, -0.25) is 4.79 Å². The number of alkyl halides is 1. The van der Waals surface area contributed by atoms with Crippen molar-refractivity contribution in [3.8, 4) is 0 Å². The molecule has 0 aliphatic rings. The summed E-state index contributed by atoms with van der Waals surface area (Å²) in [6, 6.07) is 5.07. The maximum absolute atomic E-state index is 11.0. The highest BCUT2D eigenvalue weighted by Gasteiger charge is 2.05. The van der Waals surface area contributed by atoms with Gasteiger partial charge in [0.2, 0.25) is 0 Å². The molecule has 0 spiro atoms. The van der Waals surface area contributed by atoms with Gasteiger partial charge in [-0.05, 0) is 17.7 Å². The molecule has 1 aromatic carbocycles. The van der Waals surface area contributed by atoms with E-state index < -0.39 is 0 Å². The Morgan fingerprint density at radius 1 is 1.46 bits per heavy atom. The third-order valence-electron chi connectivity index (χ3n) is 1.61. The van der Waals surface area contributed by atoms with E-state index >= 15 is 0 Å². The largest absolute Gasteiger partial charge is 0.399 e. The van der Waals surface area contributed by atoms with Crippen LogP contribution in [0.3, 0.4) is 0 Å². The Bertz CT molecular complexity index is 325. The number of anilines is 1. The van der Waals surface area contributed by atoms with Gasteiger partial charge in [0.25, 0.3) is 0 Å². The van der Waals surface area contributed by atoms with Crippen LogP contribution in [-0.2, 0) is 11.2 Å². The van der Waals surface area contributed by atoms with Crippen molar-refractivity contribution < 1.29 is 4.79 Å². The smallest absolute Gasteiger partial charge is 0.152 e. The van der Waals surface area contributed by atoms with E-state index in [4.69, 9.17) is 28.9 Å². The summed E-state index contributed by atoms with van der Waals surface area (Å²) in [5.74, 6) is -0.0332. The zero-order chi connectivity index (χ0) is 9.84. The molecule has 2 N–H and O–H groups in total. The zero-order valence-electron chi connectivity index (χ0n) is 6.89. The summed E-state index contributed by atoms with van der Waals surface area (Å²) < 4.78 is 0. The molecular weight excluding hydrogens is 209 g/mol. The molecule has 0 amide bonds. The van der Waals surface area contributed by atoms with E-state index in [-0.39, 0.29) is 18.1 Å². The van der Waals surface area contributed by atoms with Crippen LogP contribution >= 0.6 is 23.2 Å². The third kappa shape index (κ3) is 2.90. The van der Waals surface area contributed by atoms with E-state index in [1.807, 2.05) is 0 Å². The van der Waals surface area contributed by atoms with Crippen LogP contribution in [-0.4, -0.2) is 11.7 Å². The fourth-order valence-electron chi connectivity index (χ4n) is 0.967. The van der Waals surface area contributed by atoms with E-state index in [0.29, 0.717) is 10.7 Å². The van der Waals surface area contributed by atoms with Crippen LogP contribution in [0.4, 0.5) is 5.69 Å². The van der Waals surface area contributed by atoms with Gasteiger partial charge in [0.15, 0.2) is 5.78 Å². The lowest BCUT2D eigenvalue weighted by molar-refractivity contribution is -0.116. The molecule has 13 heavy (non-hydrogen) atoms. The van der Waals surface area contributed by atoms with Gasteiger partial charge in [-0.1, -0.05) is 17.7 Å². The second-order valence-electron chi connectivity index (χ2n) is 2.70. The van der Waals surface area contributed by atoms with Crippen molar-refractivity contribution in [3.63, 3.8) is 0 Å². The number of benzene rings is 1. The molecule has 0 radical (unpaired) electrons. The first kappa shape index (κ1) is 10.4. The minimum Gasteiger partial charge on any atom is -0.399 e. The number of carbonyl (C=O) groups excluding carboxylic acids is 1. The van der Waals surface area contributed by atoms with Crippen molar-refractivity contribution in [3.05, 3.63) is 28.8 Å². The molecule has 0 atom stereocenters. The highest BCUT2D eigenvalue weighted by molar-refractivity contribution is 6.32. The SMILES string of the molecule is Nc1ccc(CC(=O)CCl)c(Cl)c1. The van der Waals surface area contributed by atoms with Crippen LogP contribution in [0.15, 0.2) is 18.2 Å². The molecule has 0 bridgehead atoms. The first-order chi connectivity index (χ1) is 6.13. The van der Waals surface area contributed by atoms with Crippen molar-refractivity contribution >= 4 is 34.7 Å². The van der Waals surface area contributed by atoms with Gasteiger partial charge in [-0.2, -0.15) is 0 Å². The van der Waals surface area contributed by atoms with Crippen LogP contribution in [0.1, 0.15) is 5.56 Å². The predicted octanol–water partition coefficient (Wildman–Crippen LogP) is 2.27. The lowest BCUT2D eigenvalue weighted by Gasteiger charge is -2.02. The second kappa shape index (κ2) is 4.49. The molecular formula is C9H9Cl2NO. The average molecular weight is 218 g/mol. The number of rotatable bonds is 3. The molecule has 0 aromatic heterocycles. The second-order valence-corrected chi connectivity index (χ2v) is 3.37. The summed E-state index contributed by atoms with van der Waals surface area (Å²) >= 11 is 11.2. The van der Waals surface area contributed by atoms with Gasteiger partial charge in [0.1, 0.15) is 0 Å². The minimum atomic E-state index is -0.0478. The summed E-state index contributed by atoms with van der Waals surface area (Å²) in [6.45, 7) is 0. The monoisotopic (exact) mass is 217 g/mol. The maximum Gasteiger partial charge on any atom is 0.152 e. The van der Waals surface area contributed by atoms with Gasteiger partial charge < -0.3 is 5.73 Å². The number of hydrogen-bond acceptors (Lipinski definition) is 2. The van der Waals surface area contributed by atoms with E-state index in [9.17, 15) is 4.79 Å². The van der Waals surface area contributed by atoms with Crippen LogP contribution in [0.2, 0.25) is 5.02 Å². The van der Waals surface area contributed by atoms with E-state index in [1.165, 1.54) is 0 Å². The summed E-state index contributed by atoms with van der Waals surface area (Å²) in [5, 5.41) is 0.512. The Labute approximate surface area is 86.6 Å². The Kier molecular flexibility index (Phi) is 3.58. The normalized spacial score (nSPS) is 10.0. The number of Topliss-reactive ketones (excluding diaryl/α,β-unsaturated/α-hetero) is 1. The molecule has 1 aromatic rings. The summed E-state index contributed by atoms with van der Waals surface area (Å²) in [6.07, 6.45) is 0.266. The van der Waals surface area contributed by atoms with Crippen molar-refractivity contribution in [2.45, 2.75) is 6.42 Å². The van der Waals surface area contributed by atoms with Gasteiger partial charge in [0.05, 0.1) is 5.88 Å². The van der Waals surface area contributed by atoms with Crippen molar-refractivity contribution in [2.75, 3.05) is 11.6 Å². The Balaban J connectivity index is 2.83. The minimum absolute atomic E-state index is 0.0146. The topological polar surface area (TPSA) is 43.1 Å².